The Morgan fingerprint density at radius 3 is 2.04 bits per heavy atom. The third-order valence-electron chi connectivity index (χ3n) is 4.51. The lowest BCUT2D eigenvalue weighted by Gasteiger charge is -2.35. The second-order valence-corrected chi connectivity index (χ2v) is 9.31. The van der Waals surface area contributed by atoms with Crippen molar-refractivity contribution in [2.45, 2.75) is 24.0 Å². The molecular formula is C21H22Cl2N2O2S. The van der Waals surface area contributed by atoms with Crippen molar-refractivity contribution < 1.29 is 9.59 Å². The number of carbonyl (C=O) groups is 2. The molecule has 1 fully saturated rings. The van der Waals surface area contributed by atoms with Crippen LogP contribution in [0.5, 0.6) is 0 Å². The predicted molar refractivity (Wildman–Crippen MR) is 116 cm³/mol. The lowest BCUT2D eigenvalue weighted by Crippen LogP contribution is -2.50. The molecule has 0 spiro atoms. The molecule has 0 saturated carbocycles. The Labute approximate surface area is 179 Å². The van der Waals surface area contributed by atoms with Gasteiger partial charge in [0.05, 0.1) is 15.6 Å². The molecule has 1 heterocycles. The Bertz CT molecular complexity index is 863. The second-order valence-electron chi connectivity index (χ2n) is 6.88. The molecule has 28 heavy (non-hydrogen) atoms. The van der Waals surface area contributed by atoms with Gasteiger partial charge in [0.15, 0.2) is 0 Å². The quantitative estimate of drug-likeness (QED) is 0.626. The van der Waals surface area contributed by atoms with Gasteiger partial charge in [-0.1, -0.05) is 43.1 Å². The van der Waals surface area contributed by atoms with Crippen LogP contribution in [0.4, 0.5) is 0 Å². The lowest BCUT2D eigenvalue weighted by molar-refractivity contribution is 0.0535. The minimum Gasteiger partial charge on any atom is -0.335 e. The molecule has 0 aromatic heterocycles. The van der Waals surface area contributed by atoms with Gasteiger partial charge in [-0.2, -0.15) is 0 Å². The van der Waals surface area contributed by atoms with Crippen LogP contribution < -0.4 is 0 Å². The van der Waals surface area contributed by atoms with Gasteiger partial charge >= 0.3 is 0 Å². The van der Waals surface area contributed by atoms with Crippen LogP contribution >= 0.6 is 35.0 Å². The smallest absolute Gasteiger partial charge is 0.255 e. The molecule has 3 rings (SSSR count). The monoisotopic (exact) mass is 436 g/mol. The average molecular weight is 437 g/mol. The number of benzene rings is 2. The summed E-state index contributed by atoms with van der Waals surface area (Å²) in [7, 11) is 0. The van der Waals surface area contributed by atoms with Gasteiger partial charge in [0, 0.05) is 41.9 Å². The average Bonchev–Trinajstić information content (AvgIpc) is 2.69. The van der Waals surface area contributed by atoms with Crippen LogP contribution in [-0.2, 0) is 0 Å². The van der Waals surface area contributed by atoms with Gasteiger partial charge in [-0.15, -0.1) is 11.8 Å². The number of amides is 2. The van der Waals surface area contributed by atoms with E-state index in [4.69, 9.17) is 23.2 Å². The molecule has 1 aliphatic heterocycles. The van der Waals surface area contributed by atoms with Crippen LogP contribution in [0, 0.1) is 0 Å². The first-order chi connectivity index (χ1) is 13.4. The molecule has 2 aromatic carbocycles. The number of carbonyl (C=O) groups excluding carboxylic acids is 2. The molecule has 2 amide bonds. The Hall–Kier alpha value is -1.69. The summed E-state index contributed by atoms with van der Waals surface area (Å²) in [5.41, 5.74) is 1.07. The summed E-state index contributed by atoms with van der Waals surface area (Å²) in [6.45, 7) is 6.20. The summed E-state index contributed by atoms with van der Waals surface area (Å²) in [6, 6.07) is 12.7. The van der Waals surface area contributed by atoms with Crippen molar-refractivity contribution in [3.8, 4) is 0 Å². The van der Waals surface area contributed by atoms with Crippen LogP contribution in [0.15, 0.2) is 47.4 Å². The van der Waals surface area contributed by atoms with Crippen molar-refractivity contribution in [3.05, 3.63) is 63.6 Å². The molecule has 0 atom stereocenters. The highest BCUT2D eigenvalue weighted by Gasteiger charge is 2.26. The zero-order valence-electron chi connectivity index (χ0n) is 15.8. The molecule has 0 bridgehead atoms. The molecule has 0 aliphatic carbocycles. The zero-order valence-corrected chi connectivity index (χ0v) is 18.2. The molecule has 0 unspecified atom stereocenters. The van der Waals surface area contributed by atoms with Crippen LogP contribution in [0.1, 0.15) is 34.6 Å². The normalized spacial score (nSPS) is 14.5. The summed E-state index contributed by atoms with van der Waals surface area (Å²) < 4.78 is 0. The summed E-state index contributed by atoms with van der Waals surface area (Å²) in [6.07, 6.45) is 0. The van der Waals surface area contributed by atoms with E-state index < -0.39 is 0 Å². The summed E-state index contributed by atoms with van der Waals surface area (Å²) in [5.74, 6) is -0.163. The molecule has 7 heteroatoms. The molecule has 0 radical (unpaired) electrons. The van der Waals surface area contributed by atoms with E-state index in [1.807, 2.05) is 24.3 Å². The van der Waals surface area contributed by atoms with Gasteiger partial charge in [-0.25, -0.2) is 0 Å². The minimum atomic E-state index is -0.158. The van der Waals surface area contributed by atoms with Crippen LogP contribution in [0.2, 0.25) is 10.0 Å². The van der Waals surface area contributed by atoms with E-state index in [1.54, 1.807) is 39.8 Å². The number of thioether (sulfide) groups is 1. The third-order valence-corrected chi connectivity index (χ3v) is 6.34. The fourth-order valence-corrected chi connectivity index (χ4v) is 4.30. The molecule has 1 saturated heterocycles. The lowest BCUT2D eigenvalue weighted by atomic mass is 10.1. The summed E-state index contributed by atoms with van der Waals surface area (Å²) in [5, 5.41) is 1.13. The number of hydrogen-bond donors (Lipinski definition) is 0. The Morgan fingerprint density at radius 2 is 1.46 bits per heavy atom. The fourth-order valence-electron chi connectivity index (χ4n) is 3.08. The number of hydrogen-bond acceptors (Lipinski definition) is 3. The summed E-state index contributed by atoms with van der Waals surface area (Å²) >= 11 is 13.9. The molecular weight excluding hydrogens is 415 g/mol. The second kappa shape index (κ2) is 9.21. The maximum atomic E-state index is 12.8. The van der Waals surface area contributed by atoms with E-state index in [1.165, 1.54) is 0 Å². The van der Waals surface area contributed by atoms with Crippen molar-refractivity contribution >= 4 is 46.8 Å². The number of halogens is 2. The number of piperazine rings is 1. The highest BCUT2D eigenvalue weighted by atomic mass is 35.5. The van der Waals surface area contributed by atoms with E-state index in [0.29, 0.717) is 47.6 Å². The van der Waals surface area contributed by atoms with E-state index >= 15 is 0 Å². The highest BCUT2D eigenvalue weighted by Crippen LogP contribution is 2.27. The van der Waals surface area contributed by atoms with Gasteiger partial charge in [0.2, 0.25) is 0 Å². The van der Waals surface area contributed by atoms with Crippen LogP contribution in [0.25, 0.3) is 0 Å². The van der Waals surface area contributed by atoms with E-state index in [-0.39, 0.29) is 16.8 Å². The number of nitrogens with zero attached hydrogens (tertiary/aromatic N) is 2. The maximum Gasteiger partial charge on any atom is 0.255 e. The zero-order chi connectivity index (χ0) is 20.3. The SMILES string of the molecule is CC(C)Sc1ccc(C(=O)N2CCN(C(=O)c3cccc(Cl)c3Cl)CC2)cc1. The first-order valence-electron chi connectivity index (χ1n) is 9.16. The van der Waals surface area contributed by atoms with Gasteiger partial charge in [-0.05, 0) is 36.4 Å². The molecule has 4 nitrogen and oxygen atoms in total. The van der Waals surface area contributed by atoms with Crippen LogP contribution in [0.3, 0.4) is 0 Å². The van der Waals surface area contributed by atoms with E-state index in [9.17, 15) is 9.59 Å². The van der Waals surface area contributed by atoms with Crippen molar-refractivity contribution in [1.82, 2.24) is 9.80 Å². The molecule has 0 N–H and O–H groups in total. The molecule has 1 aliphatic rings. The standard InChI is InChI=1S/C21H22Cl2N2O2S/c1-14(2)28-16-8-6-15(7-9-16)20(26)24-10-12-25(13-11-24)21(27)17-4-3-5-18(22)19(17)23/h3-9,14H,10-13H2,1-2H3. The number of rotatable bonds is 4. The Kier molecular flexibility index (Phi) is 6.91. The van der Waals surface area contributed by atoms with E-state index in [2.05, 4.69) is 13.8 Å². The third kappa shape index (κ3) is 4.83. The van der Waals surface area contributed by atoms with E-state index in [0.717, 1.165) is 4.90 Å². The van der Waals surface area contributed by atoms with Gasteiger partial charge < -0.3 is 9.80 Å². The predicted octanol–water partition coefficient (Wildman–Crippen LogP) is 5.09. The van der Waals surface area contributed by atoms with Crippen molar-refractivity contribution in [2.24, 2.45) is 0 Å². The Balaban J connectivity index is 1.61. The topological polar surface area (TPSA) is 40.6 Å². The Morgan fingerprint density at radius 1 is 0.893 bits per heavy atom. The largest absolute Gasteiger partial charge is 0.335 e. The fraction of sp³-hybridized carbons (Fsp3) is 0.333. The van der Waals surface area contributed by atoms with Gasteiger partial charge in [0.25, 0.3) is 11.8 Å². The van der Waals surface area contributed by atoms with Crippen LogP contribution in [-0.4, -0.2) is 53.0 Å². The van der Waals surface area contributed by atoms with Gasteiger partial charge in [-0.3, -0.25) is 9.59 Å². The first kappa shape index (κ1) is 21.0. The first-order valence-corrected chi connectivity index (χ1v) is 10.8. The summed E-state index contributed by atoms with van der Waals surface area (Å²) in [4.78, 5) is 30.1. The minimum absolute atomic E-state index is 0.00557. The highest BCUT2D eigenvalue weighted by molar-refractivity contribution is 7.99. The molecule has 2 aromatic rings. The van der Waals surface area contributed by atoms with Crippen molar-refractivity contribution in [2.75, 3.05) is 26.2 Å². The molecule has 148 valence electrons. The van der Waals surface area contributed by atoms with Crippen molar-refractivity contribution in [1.29, 1.82) is 0 Å². The maximum absolute atomic E-state index is 12.8. The van der Waals surface area contributed by atoms with Crippen molar-refractivity contribution in [3.63, 3.8) is 0 Å². The van der Waals surface area contributed by atoms with Gasteiger partial charge in [0.1, 0.15) is 0 Å².